The van der Waals surface area contributed by atoms with E-state index in [4.69, 9.17) is 15.2 Å². The molecule has 0 atom stereocenters. The minimum Gasteiger partial charge on any atom is -0.508 e. The zero-order valence-electron chi connectivity index (χ0n) is 12.5. The van der Waals surface area contributed by atoms with Gasteiger partial charge in [-0.25, -0.2) is 4.99 Å². The smallest absolute Gasteiger partial charge is 0.193 e. The predicted molar refractivity (Wildman–Crippen MR) is 86.6 cm³/mol. The van der Waals surface area contributed by atoms with E-state index in [9.17, 15) is 5.11 Å². The minimum atomic E-state index is 0.154. The Balaban J connectivity index is 2.02. The second-order valence-corrected chi connectivity index (χ2v) is 4.55. The molecule has 0 bridgehead atoms. The maximum absolute atomic E-state index is 9.79. The summed E-state index contributed by atoms with van der Waals surface area (Å²) < 4.78 is 10.2. The molecule has 0 aromatic heterocycles. The molecule has 22 heavy (non-hydrogen) atoms. The topological polar surface area (TPSA) is 89.1 Å². The highest BCUT2D eigenvalue weighted by Crippen LogP contribution is 2.23. The van der Waals surface area contributed by atoms with Crippen LogP contribution < -0.4 is 20.5 Å². The standard InChI is InChI=1S/C16H19N3O3/c1-21-13-5-3-12(4-6-13)19-16(17)18-10-11-9-14(22-2)7-8-15(11)20/h3-9,20H,10H2,1-2H3,(H3,17,18,19). The first-order valence-electron chi connectivity index (χ1n) is 6.69. The van der Waals surface area contributed by atoms with Crippen LogP contribution in [0, 0.1) is 0 Å². The molecular formula is C16H19N3O3. The van der Waals surface area contributed by atoms with Gasteiger partial charge in [0.15, 0.2) is 5.96 Å². The van der Waals surface area contributed by atoms with Crippen molar-refractivity contribution < 1.29 is 14.6 Å². The van der Waals surface area contributed by atoms with Crippen molar-refractivity contribution >= 4 is 11.6 Å². The van der Waals surface area contributed by atoms with Gasteiger partial charge in [-0.15, -0.1) is 0 Å². The third-order valence-electron chi connectivity index (χ3n) is 3.07. The lowest BCUT2D eigenvalue weighted by molar-refractivity contribution is 0.411. The molecule has 6 nitrogen and oxygen atoms in total. The molecule has 2 aromatic carbocycles. The van der Waals surface area contributed by atoms with Crippen molar-refractivity contribution in [3.8, 4) is 17.2 Å². The highest BCUT2D eigenvalue weighted by atomic mass is 16.5. The normalized spacial score (nSPS) is 11.1. The number of benzene rings is 2. The van der Waals surface area contributed by atoms with E-state index >= 15 is 0 Å². The molecule has 0 spiro atoms. The number of anilines is 1. The number of hydrogen-bond donors (Lipinski definition) is 3. The second kappa shape index (κ2) is 7.21. The molecule has 2 aromatic rings. The molecule has 0 saturated carbocycles. The number of aliphatic imine (C=N–C) groups is 1. The van der Waals surface area contributed by atoms with Gasteiger partial charge in [0.25, 0.3) is 0 Å². The van der Waals surface area contributed by atoms with Gasteiger partial charge in [-0.1, -0.05) is 0 Å². The van der Waals surface area contributed by atoms with E-state index in [1.807, 2.05) is 24.3 Å². The van der Waals surface area contributed by atoms with Crippen molar-refractivity contribution in [1.82, 2.24) is 0 Å². The van der Waals surface area contributed by atoms with Crippen LogP contribution in [-0.4, -0.2) is 25.3 Å². The minimum absolute atomic E-state index is 0.154. The molecule has 2 rings (SSSR count). The Kier molecular flexibility index (Phi) is 5.08. The third-order valence-corrected chi connectivity index (χ3v) is 3.07. The molecule has 0 aliphatic rings. The average Bonchev–Trinajstić information content (AvgIpc) is 2.55. The Morgan fingerprint density at radius 1 is 1.09 bits per heavy atom. The SMILES string of the molecule is COc1ccc(NC(N)=NCc2cc(OC)ccc2O)cc1. The van der Waals surface area contributed by atoms with Crippen LogP contribution in [-0.2, 0) is 6.54 Å². The molecule has 4 N–H and O–H groups in total. The zero-order chi connectivity index (χ0) is 15.9. The van der Waals surface area contributed by atoms with Gasteiger partial charge in [0.05, 0.1) is 20.8 Å². The van der Waals surface area contributed by atoms with Crippen LogP contribution in [0.3, 0.4) is 0 Å². The second-order valence-electron chi connectivity index (χ2n) is 4.55. The summed E-state index contributed by atoms with van der Waals surface area (Å²) in [5.74, 6) is 1.83. The first-order valence-corrected chi connectivity index (χ1v) is 6.69. The Morgan fingerprint density at radius 2 is 1.73 bits per heavy atom. The van der Waals surface area contributed by atoms with Crippen LogP contribution in [0.15, 0.2) is 47.5 Å². The number of rotatable bonds is 5. The maximum atomic E-state index is 9.79. The Labute approximate surface area is 129 Å². The average molecular weight is 301 g/mol. The van der Waals surface area contributed by atoms with Gasteiger partial charge in [0.1, 0.15) is 17.2 Å². The number of nitrogens with one attached hydrogen (secondary N) is 1. The molecule has 116 valence electrons. The lowest BCUT2D eigenvalue weighted by atomic mass is 10.2. The van der Waals surface area contributed by atoms with Crippen molar-refractivity contribution in [3.05, 3.63) is 48.0 Å². The van der Waals surface area contributed by atoms with Gasteiger partial charge < -0.3 is 25.6 Å². The molecule has 0 heterocycles. The summed E-state index contributed by atoms with van der Waals surface area (Å²) in [6, 6.07) is 12.3. The number of guanidine groups is 1. The summed E-state index contributed by atoms with van der Waals surface area (Å²) in [4.78, 5) is 4.21. The molecule has 0 saturated heterocycles. The summed E-state index contributed by atoms with van der Waals surface area (Å²) in [6.07, 6.45) is 0. The van der Waals surface area contributed by atoms with Crippen molar-refractivity contribution in [1.29, 1.82) is 0 Å². The van der Waals surface area contributed by atoms with E-state index in [0.717, 1.165) is 11.4 Å². The first kappa shape index (κ1) is 15.5. The van der Waals surface area contributed by atoms with E-state index in [0.29, 0.717) is 11.3 Å². The van der Waals surface area contributed by atoms with Crippen LogP contribution in [0.2, 0.25) is 0 Å². The van der Waals surface area contributed by atoms with Crippen LogP contribution in [0.4, 0.5) is 5.69 Å². The quantitative estimate of drug-likeness (QED) is 0.582. The summed E-state index contributed by atoms with van der Waals surface area (Å²) in [5.41, 5.74) is 7.28. The summed E-state index contributed by atoms with van der Waals surface area (Å²) in [7, 11) is 3.18. The highest BCUT2D eigenvalue weighted by molar-refractivity contribution is 5.92. The fourth-order valence-electron chi connectivity index (χ4n) is 1.85. The van der Waals surface area contributed by atoms with E-state index in [1.54, 1.807) is 32.4 Å². The lowest BCUT2D eigenvalue weighted by Gasteiger charge is -2.08. The van der Waals surface area contributed by atoms with Crippen LogP contribution in [0.25, 0.3) is 0 Å². The summed E-state index contributed by atoms with van der Waals surface area (Å²) in [6.45, 7) is 0.248. The van der Waals surface area contributed by atoms with E-state index in [-0.39, 0.29) is 18.3 Å². The molecule has 0 unspecified atom stereocenters. The van der Waals surface area contributed by atoms with Crippen LogP contribution >= 0.6 is 0 Å². The largest absolute Gasteiger partial charge is 0.508 e. The molecule has 0 aliphatic heterocycles. The number of nitrogens with zero attached hydrogens (tertiary/aromatic N) is 1. The van der Waals surface area contributed by atoms with Gasteiger partial charge in [0.2, 0.25) is 0 Å². The van der Waals surface area contributed by atoms with E-state index in [1.165, 1.54) is 0 Å². The van der Waals surface area contributed by atoms with Gasteiger partial charge in [-0.3, -0.25) is 0 Å². The number of ether oxygens (including phenoxy) is 2. The molecule has 0 fully saturated rings. The summed E-state index contributed by atoms with van der Waals surface area (Å²) >= 11 is 0. The number of hydrogen-bond acceptors (Lipinski definition) is 4. The van der Waals surface area contributed by atoms with Crippen LogP contribution in [0.5, 0.6) is 17.2 Å². The zero-order valence-corrected chi connectivity index (χ0v) is 12.5. The predicted octanol–water partition coefficient (Wildman–Crippen LogP) is 2.34. The fraction of sp³-hybridized carbons (Fsp3) is 0.188. The van der Waals surface area contributed by atoms with Crippen molar-refractivity contribution in [2.45, 2.75) is 6.54 Å². The molecule has 0 amide bonds. The number of methoxy groups -OCH3 is 2. The molecule has 0 radical (unpaired) electrons. The molecule has 6 heteroatoms. The number of nitrogens with two attached hydrogens (primary N) is 1. The van der Waals surface area contributed by atoms with Gasteiger partial charge in [-0.2, -0.15) is 0 Å². The number of aromatic hydroxyl groups is 1. The third kappa shape index (κ3) is 4.05. The van der Waals surface area contributed by atoms with Gasteiger partial charge >= 0.3 is 0 Å². The van der Waals surface area contributed by atoms with Crippen molar-refractivity contribution in [3.63, 3.8) is 0 Å². The lowest BCUT2D eigenvalue weighted by Crippen LogP contribution is -2.22. The fourth-order valence-corrected chi connectivity index (χ4v) is 1.85. The number of phenols is 1. The van der Waals surface area contributed by atoms with E-state index in [2.05, 4.69) is 10.3 Å². The maximum Gasteiger partial charge on any atom is 0.193 e. The first-order chi connectivity index (χ1) is 10.6. The van der Waals surface area contributed by atoms with E-state index < -0.39 is 0 Å². The Bertz CT molecular complexity index is 654. The van der Waals surface area contributed by atoms with Gasteiger partial charge in [-0.05, 0) is 42.5 Å². The van der Waals surface area contributed by atoms with Crippen molar-refractivity contribution in [2.75, 3.05) is 19.5 Å². The monoisotopic (exact) mass is 301 g/mol. The molecular weight excluding hydrogens is 282 g/mol. The Hall–Kier alpha value is -2.89. The van der Waals surface area contributed by atoms with Gasteiger partial charge in [0, 0.05) is 11.3 Å². The summed E-state index contributed by atoms with van der Waals surface area (Å²) in [5, 5.41) is 12.8. The highest BCUT2D eigenvalue weighted by Gasteiger charge is 2.03. The van der Waals surface area contributed by atoms with Crippen LogP contribution in [0.1, 0.15) is 5.56 Å². The van der Waals surface area contributed by atoms with Crippen molar-refractivity contribution in [2.24, 2.45) is 10.7 Å². The molecule has 0 aliphatic carbocycles. The Morgan fingerprint density at radius 3 is 2.36 bits per heavy atom. The number of phenolic OH excluding ortho intramolecular Hbond substituents is 1.